The van der Waals surface area contributed by atoms with E-state index < -0.39 is 83.3 Å². The Kier molecular flexibility index (Phi) is 12.8. The summed E-state index contributed by atoms with van der Waals surface area (Å²) in [6.07, 6.45) is 4.24. The largest absolute Gasteiger partial charge is 0.449 e. The lowest BCUT2D eigenvalue weighted by Gasteiger charge is -2.36. The first kappa shape index (κ1) is 39.6. The van der Waals surface area contributed by atoms with Gasteiger partial charge in [0.25, 0.3) is 5.91 Å². The molecule has 1 spiro atoms. The molecule has 2 saturated heterocycles. The Balaban J connectivity index is 1.29. The van der Waals surface area contributed by atoms with Crippen LogP contribution in [0.2, 0.25) is 0 Å². The van der Waals surface area contributed by atoms with Gasteiger partial charge in [0.1, 0.15) is 17.6 Å². The highest BCUT2D eigenvalue weighted by atomic mass is 16.7. The fourth-order valence-corrected chi connectivity index (χ4v) is 7.80. The lowest BCUT2D eigenvalue weighted by Crippen LogP contribution is -2.60. The number of hydrogen-bond donors (Lipinski definition) is 5. The van der Waals surface area contributed by atoms with Gasteiger partial charge < -0.3 is 46.1 Å². The highest BCUT2D eigenvalue weighted by Gasteiger charge is 2.80. The van der Waals surface area contributed by atoms with E-state index in [9.17, 15) is 33.6 Å². The Morgan fingerprint density at radius 1 is 0.962 bits per heavy atom. The molecule has 2 aliphatic heterocycles. The molecule has 2 saturated carbocycles. The first-order chi connectivity index (χ1) is 25.3. The molecule has 53 heavy (non-hydrogen) atoms. The summed E-state index contributed by atoms with van der Waals surface area (Å²) < 4.78 is 17.5. The number of alkyl carbamates (subject to hydrolysis) is 1. The molecule has 4 fully saturated rings. The third kappa shape index (κ3) is 8.81. The molecule has 6 amide bonds. The van der Waals surface area contributed by atoms with Gasteiger partial charge in [-0.25, -0.2) is 4.79 Å². The Hall–Kier alpha value is -4.57. The summed E-state index contributed by atoms with van der Waals surface area (Å²) >= 11 is 0. The van der Waals surface area contributed by atoms with Crippen molar-refractivity contribution in [3.8, 4) is 0 Å². The van der Waals surface area contributed by atoms with Gasteiger partial charge in [-0.1, -0.05) is 76.8 Å². The molecule has 5 atom stereocenters. The van der Waals surface area contributed by atoms with Crippen molar-refractivity contribution in [2.24, 2.45) is 23.5 Å². The standard InChI is InChI=1S/C37H52N6O10/c1-4-11-25(30(45)32(47)39-19-27(44)41-28(31(38)46)23-12-7-5-8-13-23)40-34(49)36-18-26(36)37(52-16-17-53-37)21-43(36)33(48)29(24-14-9-6-10-15-24)42-35(50)51-20-22(2)3/h5,7-8,12-13,22,24-26,28-29H,4,6,9-11,14-21H2,1-3H3,(H2,38,46)(H,39,47)(H,40,49)(H,41,44)(H,42,50)/t25?,26?,28?,29-,36?/m0/s1. The number of benzene rings is 1. The number of carbonyl (C=O) groups is 7. The number of rotatable bonds is 16. The van der Waals surface area contributed by atoms with Crippen LogP contribution in [-0.2, 0) is 43.0 Å². The van der Waals surface area contributed by atoms with E-state index in [0.717, 1.165) is 19.3 Å². The van der Waals surface area contributed by atoms with Crippen molar-refractivity contribution < 1.29 is 47.8 Å². The Morgan fingerprint density at radius 2 is 1.64 bits per heavy atom. The predicted molar refractivity (Wildman–Crippen MR) is 188 cm³/mol. The molecule has 0 aromatic heterocycles. The van der Waals surface area contributed by atoms with Crippen LogP contribution in [-0.4, -0.2) is 103 Å². The second-order valence-electron chi connectivity index (χ2n) is 14.8. The molecular weight excluding hydrogens is 688 g/mol. The number of amides is 6. The van der Waals surface area contributed by atoms with Crippen molar-refractivity contribution in [2.45, 2.75) is 102 Å². The maximum absolute atomic E-state index is 14.6. The molecule has 4 aliphatic rings. The Labute approximate surface area is 308 Å². The van der Waals surface area contributed by atoms with Gasteiger partial charge in [-0.05, 0) is 43.1 Å². The minimum absolute atomic E-state index is 0.0485. The van der Waals surface area contributed by atoms with Crippen molar-refractivity contribution in [3.63, 3.8) is 0 Å². The second-order valence-corrected chi connectivity index (χ2v) is 14.8. The van der Waals surface area contributed by atoms with Crippen molar-refractivity contribution in [1.29, 1.82) is 0 Å². The number of likely N-dealkylation sites (tertiary alicyclic amines) is 1. The average Bonchev–Trinajstić information content (AvgIpc) is 3.65. The van der Waals surface area contributed by atoms with Gasteiger partial charge in [-0.3, -0.25) is 28.8 Å². The zero-order valence-electron chi connectivity index (χ0n) is 30.7. The van der Waals surface area contributed by atoms with Gasteiger partial charge in [0.15, 0.2) is 5.79 Å². The third-order valence-corrected chi connectivity index (χ3v) is 10.5. The molecule has 16 nitrogen and oxygen atoms in total. The molecule has 2 heterocycles. The van der Waals surface area contributed by atoms with E-state index in [2.05, 4.69) is 21.3 Å². The van der Waals surface area contributed by atoms with Gasteiger partial charge in [-0.2, -0.15) is 0 Å². The van der Waals surface area contributed by atoms with Gasteiger partial charge in [-0.15, -0.1) is 0 Å². The molecule has 1 aromatic rings. The first-order valence-electron chi connectivity index (χ1n) is 18.6. The number of piperidine rings is 1. The van der Waals surface area contributed by atoms with Crippen LogP contribution in [0.5, 0.6) is 0 Å². The molecule has 16 heteroatoms. The lowest BCUT2D eigenvalue weighted by molar-refractivity contribution is -0.169. The smallest absolute Gasteiger partial charge is 0.407 e. The summed E-state index contributed by atoms with van der Waals surface area (Å²) in [7, 11) is 0. The van der Waals surface area contributed by atoms with E-state index in [1.165, 1.54) is 4.90 Å². The SMILES string of the molecule is CCCC(NC(=O)C12CC1C1(CN2C(=O)[C@@H](NC(=O)OCC(C)C)C2CCCCC2)OCCO1)C(=O)C(=O)NCC(=O)NC(C(N)=O)c1ccccc1. The van der Waals surface area contributed by atoms with Gasteiger partial charge in [0.05, 0.1) is 44.9 Å². The topological polar surface area (TPSA) is 225 Å². The van der Waals surface area contributed by atoms with Crippen LogP contribution in [0.25, 0.3) is 0 Å². The van der Waals surface area contributed by atoms with Crippen molar-refractivity contribution in [3.05, 3.63) is 35.9 Å². The minimum Gasteiger partial charge on any atom is -0.449 e. The number of hydrogen-bond acceptors (Lipinski definition) is 10. The molecule has 0 bridgehead atoms. The fourth-order valence-electron chi connectivity index (χ4n) is 7.80. The summed E-state index contributed by atoms with van der Waals surface area (Å²) in [5.41, 5.74) is 4.47. The lowest BCUT2D eigenvalue weighted by atomic mass is 9.83. The average molecular weight is 741 g/mol. The number of primary amides is 1. The number of carbonyl (C=O) groups excluding carboxylic acids is 7. The number of nitrogens with two attached hydrogens (primary N) is 1. The van der Waals surface area contributed by atoms with Crippen LogP contribution in [0.4, 0.5) is 4.79 Å². The Bertz CT molecular complexity index is 1540. The highest BCUT2D eigenvalue weighted by Crippen LogP contribution is 2.63. The zero-order valence-corrected chi connectivity index (χ0v) is 30.7. The van der Waals surface area contributed by atoms with Crippen LogP contribution < -0.4 is 27.0 Å². The number of ketones is 1. The van der Waals surface area contributed by atoms with Crippen LogP contribution in [0.15, 0.2) is 30.3 Å². The van der Waals surface area contributed by atoms with E-state index in [4.69, 9.17) is 19.9 Å². The quantitative estimate of drug-likeness (QED) is 0.151. The first-order valence-corrected chi connectivity index (χ1v) is 18.6. The fraction of sp³-hybridized carbons (Fsp3) is 0.649. The predicted octanol–water partition coefficient (Wildman–Crippen LogP) is 0.975. The summed E-state index contributed by atoms with van der Waals surface area (Å²) in [6, 6.07) is 4.92. The summed E-state index contributed by atoms with van der Waals surface area (Å²) in [5, 5.41) is 10.3. The highest BCUT2D eigenvalue weighted by molar-refractivity contribution is 6.38. The molecule has 2 aliphatic carbocycles. The minimum atomic E-state index is -1.44. The van der Waals surface area contributed by atoms with Crippen LogP contribution in [0.1, 0.15) is 83.7 Å². The monoisotopic (exact) mass is 740 g/mol. The summed E-state index contributed by atoms with van der Waals surface area (Å²) in [5.74, 6) is -6.61. The van der Waals surface area contributed by atoms with Crippen molar-refractivity contribution >= 4 is 41.4 Å². The van der Waals surface area contributed by atoms with Crippen LogP contribution >= 0.6 is 0 Å². The molecule has 0 radical (unpaired) electrons. The maximum atomic E-state index is 14.6. The van der Waals surface area contributed by atoms with Crippen LogP contribution in [0, 0.1) is 17.8 Å². The number of nitrogens with one attached hydrogen (secondary N) is 4. The van der Waals surface area contributed by atoms with Crippen LogP contribution in [0.3, 0.4) is 0 Å². The molecule has 1 aromatic carbocycles. The Morgan fingerprint density at radius 3 is 2.26 bits per heavy atom. The normalized spacial score (nSPS) is 23.3. The second kappa shape index (κ2) is 17.1. The van der Waals surface area contributed by atoms with E-state index in [-0.39, 0.29) is 51.0 Å². The van der Waals surface area contributed by atoms with Crippen molar-refractivity contribution in [1.82, 2.24) is 26.2 Å². The van der Waals surface area contributed by atoms with E-state index >= 15 is 0 Å². The van der Waals surface area contributed by atoms with E-state index in [0.29, 0.717) is 24.8 Å². The molecule has 4 unspecified atom stereocenters. The zero-order chi connectivity index (χ0) is 38.3. The van der Waals surface area contributed by atoms with E-state index in [1.807, 2.05) is 13.8 Å². The number of fused-ring (bicyclic) bond motifs is 2. The van der Waals surface area contributed by atoms with Crippen molar-refractivity contribution in [2.75, 3.05) is 32.9 Å². The van der Waals surface area contributed by atoms with Gasteiger partial charge in [0, 0.05) is 0 Å². The third-order valence-electron chi connectivity index (χ3n) is 10.5. The number of nitrogens with zero attached hydrogens (tertiary/aromatic N) is 1. The number of ether oxygens (including phenoxy) is 3. The summed E-state index contributed by atoms with van der Waals surface area (Å²) in [4.78, 5) is 94.4. The number of Topliss-reactive ketones (excluding diaryl/α,β-unsaturated/α-hetero) is 1. The summed E-state index contributed by atoms with van der Waals surface area (Å²) in [6.45, 7) is 5.64. The van der Waals surface area contributed by atoms with E-state index in [1.54, 1.807) is 37.3 Å². The maximum Gasteiger partial charge on any atom is 0.407 e. The molecule has 5 rings (SSSR count). The molecule has 290 valence electrons. The molecular formula is C37H52N6O10. The molecule has 6 N–H and O–H groups in total. The van der Waals surface area contributed by atoms with Gasteiger partial charge >= 0.3 is 6.09 Å². The van der Waals surface area contributed by atoms with Gasteiger partial charge in [0.2, 0.25) is 29.4 Å².